The van der Waals surface area contributed by atoms with E-state index in [0.717, 1.165) is 75.0 Å². The maximum absolute atomic E-state index is 13.6. The SMILES string of the molecule is Cc1ccc(N(CCCN2C3CCC2CC(NC(=O)CCc2cccnc2)C3)C(=O)C2CCNCC2)cc1Cl. The highest BCUT2D eigenvalue weighted by Crippen LogP contribution is 2.36. The average molecular weight is 552 g/mol. The molecule has 2 atom stereocenters. The Bertz CT molecular complexity index is 1110. The van der Waals surface area contributed by atoms with E-state index in [4.69, 9.17) is 11.6 Å². The number of hydrogen-bond acceptors (Lipinski definition) is 5. The van der Waals surface area contributed by atoms with Gasteiger partial charge in [-0.3, -0.25) is 19.5 Å². The van der Waals surface area contributed by atoms with Gasteiger partial charge in [-0.05, 0) is 101 Å². The number of anilines is 1. The number of carbonyl (C=O) groups excluding carboxylic acids is 2. The zero-order valence-corrected chi connectivity index (χ0v) is 23.8. The van der Waals surface area contributed by atoms with Crippen LogP contribution in [0.5, 0.6) is 0 Å². The fraction of sp³-hybridized carbons (Fsp3) is 0.581. The maximum atomic E-state index is 13.6. The van der Waals surface area contributed by atoms with Gasteiger partial charge in [-0.1, -0.05) is 23.7 Å². The summed E-state index contributed by atoms with van der Waals surface area (Å²) < 4.78 is 0. The number of amides is 2. The van der Waals surface area contributed by atoms with E-state index in [1.165, 1.54) is 12.8 Å². The molecule has 8 heteroatoms. The lowest BCUT2D eigenvalue weighted by atomic mass is 9.95. The van der Waals surface area contributed by atoms with Crippen molar-refractivity contribution < 1.29 is 9.59 Å². The molecule has 3 saturated heterocycles. The summed E-state index contributed by atoms with van der Waals surface area (Å²) in [5.41, 5.74) is 3.03. The molecule has 210 valence electrons. The van der Waals surface area contributed by atoms with Gasteiger partial charge in [-0.2, -0.15) is 0 Å². The Balaban J connectivity index is 1.14. The van der Waals surface area contributed by atoms with Crippen molar-refractivity contribution in [1.29, 1.82) is 0 Å². The first-order valence-corrected chi connectivity index (χ1v) is 15.1. The molecule has 0 spiro atoms. The van der Waals surface area contributed by atoms with Gasteiger partial charge in [0.2, 0.25) is 11.8 Å². The highest BCUT2D eigenvalue weighted by atomic mass is 35.5. The quantitative estimate of drug-likeness (QED) is 0.454. The summed E-state index contributed by atoms with van der Waals surface area (Å²) in [6.45, 7) is 5.47. The minimum Gasteiger partial charge on any atom is -0.353 e. The van der Waals surface area contributed by atoms with Crippen LogP contribution in [0, 0.1) is 12.8 Å². The van der Waals surface area contributed by atoms with Crippen LogP contribution >= 0.6 is 11.6 Å². The Hall–Kier alpha value is -2.48. The van der Waals surface area contributed by atoms with Crippen LogP contribution in [0.2, 0.25) is 5.02 Å². The first-order chi connectivity index (χ1) is 19.0. The Kier molecular flexibility index (Phi) is 9.53. The smallest absolute Gasteiger partial charge is 0.230 e. The fourth-order valence-electron chi connectivity index (χ4n) is 6.68. The number of nitrogens with zero attached hydrogens (tertiary/aromatic N) is 3. The first kappa shape index (κ1) is 28.1. The number of fused-ring (bicyclic) bond motifs is 2. The summed E-state index contributed by atoms with van der Waals surface area (Å²) in [6.07, 6.45) is 11.9. The molecule has 1 aromatic carbocycles. The number of halogens is 1. The van der Waals surface area contributed by atoms with Crippen molar-refractivity contribution in [2.75, 3.05) is 31.1 Å². The van der Waals surface area contributed by atoms with Crippen LogP contribution in [0.15, 0.2) is 42.7 Å². The second-order valence-electron chi connectivity index (χ2n) is 11.5. The van der Waals surface area contributed by atoms with Gasteiger partial charge in [0.1, 0.15) is 0 Å². The predicted octanol–water partition coefficient (Wildman–Crippen LogP) is 4.51. The number of pyridine rings is 1. The Labute approximate surface area is 237 Å². The topological polar surface area (TPSA) is 77.6 Å². The van der Waals surface area contributed by atoms with Crippen molar-refractivity contribution >= 4 is 29.1 Å². The lowest BCUT2D eigenvalue weighted by Crippen LogP contribution is -2.51. The average Bonchev–Trinajstić information content (AvgIpc) is 3.19. The second-order valence-corrected chi connectivity index (χ2v) is 11.9. The van der Waals surface area contributed by atoms with E-state index >= 15 is 0 Å². The van der Waals surface area contributed by atoms with Gasteiger partial charge < -0.3 is 15.5 Å². The molecule has 2 bridgehead atoms. The van der Waals surface area contributed by atoms with Crippen LogP contribution in [-0.2, 0) is 16.0 Å². The zero-order valence-electron chi connectivity index (χ0n) is 23.1. The number of hydrogen-bond donors (Lipinski definition) is 2. The molecule has 2 N–H and O–H groups in total. The number of piperidine rings is 2. The molecule has 4 heterocycles. The monoisotopic (exact) mass is 551 g/mol. The summed E-state index contributed by atoms with van der Waals surface area (Å²) in [6, 6.07) is 11.2. The Morgan fingerprint density at radius 1 is 1.13 bits per heavy atom. The van der Waals surface area contributed by atoms with Crippen LogP contribution in [-0.4, -0.2) is 66.0 Å². The van der Waals surface area contributed by atoms with E-state index in [0.29, 0.717) is 30.1 Å². The van der Waals surface area contributed by atoms with E-state index in [1.807, 2.05) is 48.4 Å². The van der Waals surface area contributed by atoms with E-state index in [2.05, 4.69) is 20.5 Å². The van der Waals surface area contributed by atoms with Gasteiger partial charge in [0.25, 0.3) is 0 Å². The van der Waals surface area contributed by atoms with Gasteiger partial charge in [0, 0.05) is 66.7 Å². The molecule has 0 saturated carbocycles. The molecule has 0 radical (unpaired) electrons. The molecule has 7 nitrogen and oxygen atoms in total. The number of aryl methyl sites for hydroxylation is 2. The highest BCUT2D eigenvalue weighted by Gasteiger charge is 2.40. The third-order valence-corrected chi connectivity index (χ3v) is 9.24. The fourth-order valence-corrected chi connectivity index (χ4v) is 6.85. The highest BCUT2D eigenvalue weighted by molar-refractivity contribution is 6.31. The first-order valence-electron chi connectivity index (χ1n) is 14.7. The van der Waals surface area contributed by atoms with Crippen LogP contribution < -0.4 is 15.5 Å². The van der Waals surface area contributed by atoms with Crippen LogP contribution in [0.3, 0.4) is 0 Å². The maximum Gasteiger partial charge on any atom is 0.230 e. The molecule has 1 aromatic heterocycles. The van der Waals surface area contributed by atoms with Gasteiger partial charge in [-0.15, -0.1) is 0 Å². The zero-order chi connectivity index (χ0) is 27.2. The molecule has 5 rings (SSSR count). The normalized spacial score (nSPS) is 23.5. The molecule has 2 amide bonds. The molecule has 3 fully saturated rings. The van der Waals surface area contributed by atoms with Crippen LogP contribution in [0.4, 0.5) is 5.69 Å². The van der Waals surface area contributed by atoms with Crippen molar-refractivity contribution in [1.82, 2.24) is 20.5 Å². The van der Waals surface area contributed by atoms with Crippen LogP contribution in [0.1, 0.15) is 62.5 Å². The second kappa shape index (κ2) is 13.2. The number of benzene rings is 1. The third kappa shape index (κ3) is 7.19. The number of carbonyl (C=O) groups is 2. The molecule has 2 aromatic rings. The Morgan fingerprint density at radius 2 is 1.90 bits per heavy atom. The van der Waals surface area contributed by atoms with Gasteiger partial charge in [0.05, 0.1) is 0 Å². The third-order valence-electron chi connectivity index (χ3n) is 8.83. The summed E-state index contributed by atoms with van der Waals surface area (Å²) >= 11 is 6.46. The number of rotatable bonds is 10. The van der Waals surface area contributed by atoms with Gasteiger partial charge in [0.15, 0.2) is 0 Å². The van der Waals surface area contributed by atoms with Crippen molar-refractivity contribution in [3.8, 4) is 0 Å². The standard InChI is InChI=1S/C31H42ClN5O2/c1-22-5-7-28(20-29(22)32)37(31(39)24-11-14-33-15-12-24)17-3-16-36-26-8-9-27(36)19-25(18-26)35-30(38)10-6-23-4-2-13-34-21-23/h2,4-5,7,13,20-21,24-27,33H,3,6,8-12,14-19H2,1H3,(H,35,38). The number of aromatic nitrogens is 1. The van der Waals surface area contributed by atoms with Crippen molar-refractivity contribution in [3.63, 3.8) is 0 Å². The van der Waals surface area contributed by atoms with Crippen molar-refractivity contribution in [2.24, 2.45) is 5.92 Å². The largest absolute Gasteiger partial charge is 0.353 e. The molecule has 2 unspecified atom stereocenters. The molecule has 39 heavy (non-hydrogen) atoms. The van der Waals surface area contributed by atoms with Crippen LogP contribution in [0.25, 0.3) is 0 Å². The molecular weight excluding hydrogens is 510 g/mol. The molecule has 3 aliphatic rings. The van der Waals surface area contributed by atoms with E-state index in [-0.39, 0.29) is 23.8 Å². The Morgan fingerprint density at radius 3 is 2.59 bits per heavy atom. The van der Waals surface area contributed by atoms with Gasteiger partial charge in [-0.25, -0.2) is 0 Å². The predicted molar refractivity (Wildman–Crippen MR) is 156 cm³/mol. The van der Waals surface area contributed by atoms with Crippen molar-refractivity contribution in [2.45, 2.75) is 82.8 Å². The van der Waals surface area contributed by atoms with E-state index in [9.17, 15) is 9.59 Å². The molecular formula is C31H42ClN5O2. The number of nitrogens with one attached hydrogen (secondary N) is 2. The van der Waals surface area contributed by atoms with Gasteiger partial charge >= 0.3 is 0 Å². The lowest BCUT2D eigenvalue weighted by molar-refractivity contribution is -0.123. The van der Waals surface area contributed by atoms with E-state index in [1.54, 1.807) is 6.20 Å². The molecule has 3 aliphatic heterocycles. The minimum atomic E-state index is 0.0695. The lowest BCUT2D eigenvalue weighted by Gasteiger charge is -2.39. The summed E-state index contributed by atoms with van der Waals surface area (Å²) in [5, 5.41) is 7.39. The summed E-state index contributed by atoms with van der Waals surface area (Å²) in [5.74, 6) is 0.438. The summed E-state index contributed by atoms with van der Waals surface area (Å²) in [7, 11) is 0. The van der Waals surface area contributed by atoms with Crippen molar-refractivity contribution in [3.05, 3.63) is 58.9 Å². The van der Waals surface area contributed by atoms with E-state index < -0.39 is 0 Å². The molecule has 0 aliphatic carbocycles. The minimum absolute atomic E-state index is 0.0695. The summed E-state index contributed by atoms with van der Waals surface area (Å²) in [4.78, 5) is 35.0.